The van der Waals surface area contributed by atoms with Crippen molar-refractivity contribution in [3.05, 3.63) is 24.0 Å². The average Bonchev–Trinajstić information content (AvgIpc) is 3.16. The minimum Gasteiger partial charge on any atom is -0.480 e. The van der Waals surface area contributed by atoms with Crippen molar-refractivity contribution in [1.82, 2.24) is 9.88 Å². The van der Waals surface area contributed by atoms with Crippen LogP contribution in [0.5, 0.6) is 0 Å². The first-order valence-corrected chi connectivity index (χ1v) is 6.93. The Labute approximate surface area is 116 Å². The lowest BCUT2D eigenvalue weighted by Gasteiger charge is -2.33. The van der Waals surface area contributed by atoms with E-state index in [1.54, 1.807) is 6.07 Å². The summed E-state index contributed by atoms with van der Waals surface area (Å²) in [7, 11) is 0. The number of carboxylic acid groups (broad SMARTS) is 1. The Bertz CT molecular complexity index is 527. The summed E-state index contributed by atoms with van der Waals surface area (Å²) in [5, 5.41) is 12.2. The number of carbonyl (C=O) groups is 2. The van der Waals surface area contributed by atoms with E-state index in [-0.39, 0.29) is 5.91 Å². The van der Waals surface area contributed by atoms with Crippen LogP contribution in [-0.4, -0.2) is 40.3 Å². The third-order valence-corrected chi connectivity index (χ3v) is 4.06. The van der Waals surface area contributed by atoms with Gasteiger partial charge in [-0.3, -0.25) is 4.79 Å². The van der Waals surface area contributed by atoms with Gasteiger partial charge in [0.1, 0.15) is 11.2 Å². The number of ether oxygens (including phenoxy) is 1. The normalized spacial score (nSPS) is 21.4. The minimum atomic E-state index is -1.20. The highest BCUT2D eigenvalue weighted by Gasteiger charge is 2.42. The van der Waals surface area contributed by atoms with E-state index in [0.29, 0.717) is 37.8 Å². The first-order chi connectivity index (χ1) is 9.62. The summed E-state index contributed by atoms with van der Waals surface area (Å²) in [5.41, 5.74) is -0.659. The van der Waals surface area contributed by atoms with Gasteiger partial charge in [-0.25, -0.2) is 4.79 Å². The molecule has 0 aromatic carbocycles. The van der Waals surface area contributed by atoms with E-state index >= 15 is 0 Å². The van der Waals surface area contributed by atoms with Crippen LogP contribution in [0.3, 0.4) is 0 Å². The van der Waals surface area contributed by atoms with Crippen molar-refractivity contribution in [1.29, 1.82) is 0 Å². The van der Waals surface area contributed by atoms with Crippen molar-refractivity contribution in [2.75, 3.05) is 13.2 Å². The maximum absolute atomic E-state index is 12.4. The molecule has 0 bridgehead atoms. The van der Waals surface area contributed by atoms with Crippen molar-refractivity contribution >= 4 is 11.9 Å². The molecule has 0 atom stereocenters. The van der Waals surface area contributed by atoms with Crippen LogP contribution >= 0.6 is 0 Å². The van der Waals surface area contributed by atoms with Gasteiger partial charge in [0.05, 0.1) is 0 Å². The molecule has 2 fully saturated rings. The molecule has 0 unspecified atom stereocenters. The summed E-state index contributed by atoms with van der Waals surface area (Å²) >= 11 is 0. The third kappa shape index (κ3) is 2.31. The van der Waals surface area contributed by atoms with Gasteiger partial charge in [-0.2, -0.15) is 0 Å². The van der Waals surface area contributed by atoms with Crippen LogP contribution in [0.2, 0.25) is 0 Å². The van der Waals surface area contributed by atoms with E-state index in [4.69, 9.17) is 4.74 Å². The minimum absolute atomic E-state index is 0.304. The molecule has 2 N–H and O–H groups in total. The smallest absolute Gasteiger partial charge is 0.329 e. The Balaban J connectivity index is 1.79. The Hall–Kier alpha value is -1.82. The number of nitrogens with one attached hydrogen (secondary N) is 1. The molecule has 1 saturated heterocycles. The van der Waals surface area contributed by atoms with Crippen molar-refractivity contribution in [2.24, 2.45) is 0 Å². The van der Waals surface area contributed by atoms with Gasteiger partial charge in [0.2, 0.25) is 0 Å². The highest BCUT2D eigenvalue weighted by molar-refractivity contribution is 5.96. The van der Waals surface area contributed by atoms with E-state index in [9.17, 15) is 14.7 Å². The number of aromatic nitrogens is 1. The molecule has 1 aromatic heterocycles. The van der Waals surface area contributed by atoms with E-state index in [1.165, 1.54) is 0 Å². The summed E-state index contributed by atoms with van der Waals surface area (Å²) < 4.78 is 7.13. The molecule has 1 amide bonds. The van der Waals surface area contributed by atoms with Crippen LogP contribution in [0, 0.1) is 0 Å². The van der Waals surface area contributed by atoms with Crippen molar-refractivity contribution in [2.45, 2.75) is 37.3 Å². The van der Waals surface area contributed by atoms with Gasteiger partial charge in [-0.05, 0) is 25.0 Å². The number of carbonyl (C=O) groups excluding carboxylic acids is 1. The van der Waals surface area contributed by atoms with Crippen LogP contribution in [0.4, 0.5) is 0 Å². The molecule has 1 aliphatic heterocycles. The molecule has 2 aliphatic rings. The van der Waals surface area contributed by atoms with Gasteiger partial charge >= 0.3 is 5.97 Å². The first-order valence-electron chi connectivity index (χ1n) is 6.93. The van der Waals surface area contributed by atoms with Gasteiger partial charge in [-0.15, -0.1) is 0 Å². The number of amides is 1. The summed E-state index contributed by atoms with van der Waals surface area (Å²) in [6, 6.07) is 3.95. The zero-order valence-corrected chi connectivity index (χ0v) is 11.2. The maximum atomic E-state index is 12.4. The number of carboxylic acids is 1. The Morgan fingerprint density at radius 1 is 1.35 bits per heavy atom. The molecule has 1 saturated carbocycles. The number of hydrogen-bond donors (Lipinski definition) is 2. The lowest BCUT2D eigenvalue weighted by molar-refractivity contribution is -0.148. The van der Waals surface area contributed by atoms with Crippen LogP contribution in [0.25, 0.3) is 0 Å². The fourth-order valence-electron chi connectivity index (χ4n) is 2.65. The SMILES string of the molecule is O=C(NC1(C(=O)O)CCOCC1)c1cccn1C1CC1. The number of nitrogens with zero attached hydrogens (tertiary/aromatic N) is 1. The Morgan fingerprint density at radius 2 is 2.05 bits per heavy atom. The van der Waals surface area contributed by atoms with E-state index < -0.39 is 11.5 Å². The van der Waals surface area contributed by atoms with Crippen molar-refractivity contribution in [3.8, 4) is 0 Å². The van der Waals surface area contributed by atoms with E-state index in [0.717, 1.165) is 12.8 Å². The van der Waals surface area contributed by atoms with Gasteiger partial charge in [-0.1, -0.05) is 0 Å². The fraction of sp³-hybridized carbons (Fsp3) is 0.571. The maximum Gasteiger partial charge on any atom is 0.329 e. The van der Waals surface area contributed by atoms with Crippen LogP contribution in [-0.2, 0) is 9.53 Å². The van der Waals surface area contributed by atoms with Crippen LogP contribution < -0.4 is 5.32 Å². The Kier molecular flexibility index (Phi) is 3.25. The van der Waals surface area contributed by atoms with Gasteiger partial charge in [0, 0.05) is 38.3 Å². The zero-order valence-electron chi connectivity index (χ0n) is 11.2. The number of hydrogen-bond acceptors (Lipinski definition) is 3. The zero-order chi connectivity index (χ0) is 14.2. The standard InChI is InChI=1S/C14H18N2O4/c17-12(11-2-1-7-16(11)10-3-4-10)15-14(13(18)19)5-8-20-9-6-14/h1-2,7,10H,3-6,8-9H2,(H,15,17)(H,18,19). The summed E-state index contributed by atoms with van der Waals surface area (Å²) in [4.78, 5) is 23.9. The number of aliphatic carboxylic acids is 1. The van der Waals surface area contributed by atoms with Gasteiger partial charge in [0.15, 0.2) is 0 Å². The van der Waals surface area contributed by atoms with Gasteiger partial charge < -0.3 is 19.7 Å². The second-order valence-electron chi connectivity index (χ2n) is 5.49. The topological polar surface area (TPSA) is 80.6 Å². The fourth-order valence-corrected chi connectivity index (χ4v) is 2.65. The predicted octanol–water partition coefficient (Wildman–Crippen LogP) is 1.19. The highest BCUT2D eigenvalue weighted by atomic mass is 16.5. The molecular weight excluding hydrogens is 260 g/mol. The van der Waals surface area contributed by atoms with Crippen LogP contribution in [0.15, 0.2) is 18.3 Å². The van der Waals surface area contributed by atoms with Crippen LogP contribution in [0.1, 0.15) is 42.2 Å². The molecule has 0 spiro atoms. The largest absolute Gasteiger partial charge is 0.480 e. The molecule has 1 aromatic rings. The molecule has 0 radical (unpaired) electrons. The summed E-state index contributed by atoms with van der Waals surface area (Å²) in [6.07, 6.45) is 4.64. The lowest BCUT2D eigenvalue weighted by atomic mass is 9.90. The van der Waals surface area contributed by atoms with Gasteiger partial charge in [0.25, 0.3) is 5.91 Å². The van der Waals surface area contributed by atoms with Crippen molar-refractivity contribution in [3.63, 3.8) is 0 Å². The average molecular weight is 278 g/mol. The molecule has 6 heteroatoms. The second kappa shape index (κ2) is 4.94. The Morgan fingerprint density at radius 3 is 2.65 bits per heavy atom. The second-order valence-corrected chi connectivity index (χ2v) is 5.49. The lowest BCUT2D eigenvalue weighted by Crippen LogP contribution is -2.57. The summed E-state index contributed by atoms with van der Waals surface area (Å²) in [6.45, 7) is 0.715. The molecule has 108 valence electrons. The summed E-state index contributed by atoms with van der Waals surface area (Å²) in [5.74, 6) is -1.30. The molecular formula is C14H18N2O4. The highest BCUT2D eigenvalue weighted by Crippen LogP contribution is 2.36. The van der Waals surface area contributed by atoms with Crippen molar-refractivity contribution < 1.29 is 19.4 Å². The monoisotopic (exact) mass is 278 g/mol. The molecule has 6 nitrogen and oxygen atoms in total. The third-order valence-electron chi connectivity index (χ3n) is 4.06. The molecule has 1 aliphatic carbocycles. The first kappa shape index (κ1) is 13.2. The molecule has 20 heavy (non-hydrogen) atoms. The van der Waals surface area contributed by atoms with E-state index in [1.807, 2.05) is 16.8 Å². The molecule has 3 rings (SSSR count). The molecule has 2 heterocycles. The number of rotatable bonds is 4. The van der Waals surface area contributed by atoms with E-state index in [2.05, 4.69) is 5.32 Å². The quantitative estimate of drug-likeness (QED) is 0.867. The predicted molar refractivity (Wildman–Crippen MR) is 70.6 cm³/mol.